The molecule has 0 amide bonds. The van der Waals surface area contributed by atoms with Crippen LogP contribution in [0.4, 0.5) is 0 Å². The molecule has 3 aromatic rings. The average molecular weight is 411 g/mol. The Morgan fingerprint density at radius 1 is 1.31 bits per heavy atom. The summed E-state index contributed by atoms with van der Waals surface area (Å²) in [4.78, 5) is 25.2. The number of methoxy groups -OCH3 is 1. The molecule has 0 spiro atoms. The third-order valence-corrected chi connectivity index (χ3v) is 5.15. The molecule has 0 unspecified atom stereocenters. The molecule has 148 valence electrons. The largest absolute Gasteiger partial charge is 0.495 e. The Labute approximate surface area is 172 Å². The van der Waals surface area contributed by atoms with Gasteiger partial charge in [-0.25, -0.2) is 4.98 Å². The highest BCUT2D eigenvalue weighted by atomic mass is 35.5. The van der Waals surface area contributed by atoms with Crippen LogP contribution in [0, 0.1) is 6.92 Å². The number of imidazole rings is 1. The van der Waals surface area contributed by atoms with E-state index in [9.17, 15) is 9.90 Å². The summed E-state index contributed by atoms with van der Waals surface area (Å²) in [5.74, 6) is 0.343. The van der Waals surface area contributed by atoms with Gasteiger partial charge in [-0.2, -0.15) is 0 Å². The zero-order valence-electron chi connectivity index (χ0n) is 16.0. The number of hydrogen-bond acceptors (Lipinski definition) is 5. The van der Waals surface area contributed by atoms with Crippen molar-refractivity contribution in [3.63, 3.8) is 0 Å². The molecule has 0 aliphatic carbocycles. The Bertz CT molecular complexity index is 1110. The van der Waals surface area contributed by atoms with Crippen LogP contribution in [-0.4, -0.2) is 38.4 Å². The summed E-state index contributed by atoms with van der Waals surface area (Å²) in [6, 6.07) is 8.82. The zero-order valence-corrected chi connectivity index (χ0v) is 16.7. The Kier molecular flexibility index (Phi) is 5.07. The van der Waals surface area contributed by atoms with Crippen molar-refractivity contribution >= 4 is 23.3 Å². The SMILES string of the molecule is COc1cc2c(cc1Cl)C(c1ccccn1)=N[C@@H](CCC(=O)O)c1ncc(C)n1-2. The lowest BCUT2D eigenvalue weighted by atomic mass is 10.0. The van der Waals surface area contributed by atoms with E-state index in [1.165, 1.54) is 0 Å². The molecule has 7 nitrogen and oxygen atoms in total. The molecule has 0 saturated heterocycles. The lowest BCUT2D eigenvalue weighted by Crippen LogP contribution is -2.10. The van der Waals surface area contributed by atoms with E-state index in [1.807, 2.05) is 41.8 Å². The van der Waals surface area contributed by atoms with Gasteiger partial charge in [0.25, 0.3) is 0 Å². The van der Waals surface area contributed by atoms with E-state index in [1.54, 1.807) is 19.5 Å². The maximum atomic E-state index is 11.2. The number of carboxylic acid groups (broad SMARTS) is 1. The number of nitrogens with zero attached hydrogens (tertiary/aromatic N) is 4. The van der Waals surface area contributed by atoms with Gasteiger partial charge in [0, 0.05) is 36.1 Å². The topological polar surface area (TPSA) is 89.6 Å². The number of hydrogen-bond donors (Lipinski definition) is 1. The smallest absolute Gasteiger partial charge is 0.303 e. The highest BCUT2D eigenvalue weighted by Crippen LogP contribution is 2.37. The van der Waals surface area contributed by atoms with Crippen LogP contribution >= 0.6 is 11.6 Å². The van der Waals surface area contributed by atoms with Gasteiger partial charge in [0.2, 0.25) is 0 Å². The Morgan fingerprint density at radius 2 is 2.14 bits per heavy atom. The summed E-state index contributed by atoms with van der Waals surface area (Å²) in [6.07, 6.45) is 3.76. The first-order chi connectivity index (χ1) is 14.0. The fraction of sp³-hybridized carbons (Fsp3) is 0.238. The second-order valence-electron chi connectivity index (χ2n) is 6.74. The normalized spacial score (nSPS) is 15.1. The molecule has 0 bridgehead atoms. The first-order valence-corrected chi connectivity index (χ1v) is 9.51. The maximum absolute atomic E-state index is 11.2. The quantitative estimate of drug-likeness (QED) is 0.686. The fourth-order valence-corrected chi connectivity index (χ4v) is 3.76. The van der Waals surface area contributed by atoms with Crippen molar-refractivity contribution in [2.75, 3.05) is 7.11 Å². The minimum Gasteiger partial charge on any atom is -0.495 e. The first-order valence-electron chi connectivity index (χ1n) is 9.13. The number of ether oxygens (including phenoxy) is 1. The van der Waals surface area contributed by atoms with E-state index in [0.29, 0.717) is 34.4 Å². The summed E-state index contributed by atoms with van der Waals surface area (Å²) in [5, 5.41) is 9.66. The second kappa shape index (κ2) is 7.67. The molecule has 4 rings (SSSR count). The molecule has 0 radical (unpaired) electrons. The second-order valence-corrected chi connectivity index (χ2v) is 7.15. The van der Waals surface area contributed by atoms with Gasteiger partial charge >= 0.3 is 5.97 Å². The number of aromatic nitrogens is 3. The van der Waals surface area contributed by atoms with Crippen LogP contribution in [0.2, 0.25) is 5.02 Å². The third-order valence-electron chi connectivity index (χ3n) is 4.85. The predicted molar refractivity (Wildman–Crippen MR) is 109 cm³/mol. The highest BCUT2D eigenvalue weighted by Gasteiger charge is 2.29. The fourth-order valence-electron chi connectivity index (χ4n) is 3.52. The maximum Gasteiger partial charge on any atom is 0.303 e. The van der Waals surface area contributed by atoms with Crippen LogP contribution in [0.25, 0.3) is 5.69 Å². The standard InChI is InChI=1S/C21H19ClN4O3/c1-12-11-24-21-16(6-7-19(27)28)25-20(15-5-3-4-8-23-15)13-9-14(22)18(29-2)10-17(13)26(12)21/h3-5,8-11,16H,6-7H2,1-2H3,(H,27,28)/t16-/m0/s1. The van der Waals surface area contributed by atoms with Crippen molar-refractivity contribution in [1.29, 1.82) is 0 Å². The Hall–Kier alpha value is -3.19. The van der Waals surface area contributed by atoms with Gasteiger partial charge in [-0.1, -0.05) is 17.7 Å². The molecular formula is C21H19ClN4O3. The molecule has 1 atom stereocenters. The summed E-state index contributed by atoms with van der Waals surface area (Å²) < 4.78 is 7.42. The van der Waals surface area contributed by atoms with E-state index in [4.69, 9.17) is 21.3 Å². The summed E-state index contributed by atoms with van der Waals surface area (Å²) in [7, 11) is 1.56. The molecule has 2 aromatic heterocycles. The molecule has 1 aromatic carbocycles. The number of carboxylic acids is 1. The number of aliphatic carboxylic acids is 1. The number of aryl methyl sites for hydroxylation is 1. The summed E-state index contributed by atoms with van der Waals surface area (Å²) in [6.45, 7) is 1.95. The molecule has 29 heavy (non-hydrogen) atoms. The van der Waals surface area contributed by atoms with Crippen LogP contribution in [0.1, 0.15) is 41.7 Å². The molecule has 0 saturated carbocycles. The summed E-state index contributed by atoms with van der Waals surface area (Å²) >= 11 is 6.44. The third kappa shape index (κ3) is 3.49. The average Bonchev–Trinajstić information content (AvgIpc) is 3.03. The molecule has 1 N–H and O–H groups in total. The van der Waals surface area contributed by atoms with Crippen LogP contribution < -0.4 is 4.74 Å². The van der Waals surface area contributed by atoms with Crippen LogP contribution in [0.15, 0.2) is 47.7 Å². The minimum atomic E-state index is -0.874. The minimum absolute atomic E-state index is 0.0179. The predicted octanol–water partition coefficient (Wildman–Crippen LogP) is 3.99. The number of rotatable bonds is 5. The van der Waals surface area contributed by atoms with Gasteiger partial charge in [0.1, 0.15) is 17.6 Å². The van der Waals surface area contributed by atoms with E-state index in [2.05, 4.69) is 9.97 Å². The van der Waals surface area contributed by atoms with E-state index >= 15 is 0 Å². The Balaban J connectivity index is 2.00. The molecule has 0 fully saturated rings. The highest BCUT2D eigenvalue weighted by molar-refractivity contribution is 6.33. The number of carbonyl (C=O) groups is 1. The van der Waals surface area contributed by atoms with Gasteiger partial charge in [-0.15, -0.1) is 0 Å². The monoisotopic (exact) mass is 410 g/mol. The zero-order chi connectivity index (χ0) is 20.5. The molecule has 1 aliphatic heterocycles. The number of fused-ring (bicyclic) bond motifs is 3. The number of halogens is 1. The number of aliphatic imine (C=N–C) groups is 1. The molecule has 8 heteroatoms. The molecule has 1 aliphatic rings. The lowest BCUT2D eigenvalue weighted by molar-refractivity contribution is -0.137. The van der Waals surface area contributed by atoms with Crippen molar-refractivity contribution in [2.45, 2.75) is 25.8 Å². The molecular weight excluding hydrogens is 392 g/mol. The van der Waals surface area contributed by atoms with Gasteiger partial charge < -0.3 is 9.84 Å². The van der Waals surface area contributed by atoms with Gasteiger partial charge in [-0.3, -0.25) is 19.3 Å². The van der Waals surface area contributed by atoms with Crippen LogP contribution in [0.5, 0.6) is 5.75 Å². The first kappa shape index (κ1) is 19.1. The number of pyridine rings is 1. The Morgan fingerprint density at radius 3 is 2.83 bits per heavy atom. The van der Waals surface area contributed by atoms with Crippen molar-refractivity contribution in [3.8, 4) is 11.4 Å². The lowest BCUT2D eigenvalue weighted by Gasteiger charge is -2.16. The van der Waals surface area contributed by atoms with Crippen molar-refractivity contribution in [2.24, 2.45) is 4.99 Å². The van der Waals surface area contributed by atoms with Gasteiger partial charge in [0.05, 0.1) is 29.2 Å². The van der Waals surface area contributed by atoms with Gasteiger partial charge in [0.15, 0.2) is 0 Å². The van der Waals surface area contributed by atoms with Gasteiger partial charge in [-0.05, 0) is 31.5 Å². The van der Waals surface area contributed by atoms with E-state index in [0.717, 1.165) is 16.9 Å². The van der Waals surface area contributed by atoms with Crippen LogP contribution in [-0.2, 0) is 4.79 Å². The van der Waals surface area contributed by atoms with Crippen molar-refractivity contribution in [1.82, 2.24) is 14.5 Å². The van der Waals surface area contributed by atoms with Crippen molar-refractivity contribution in [3.05, 3.63) is 70.5 Å². The van der Waals surface area contributed by atoms with Crippen molar-refractivity contribution < 1.29 is 14.6 Å². The van der Waals surface area contributed by atoms with E-state index < -0.39 is 12.0 Å². The van der Waals surface area contributed by atoms with Crippen LogP contribution in [0.3, 0.4) is 0 Å². The van der Waals surface area contributed by atoms with E-state index in [-0.39, 0.29) is 6.42 Å². The molecule has 3 heterocycles. The number of benzene rings is 1. The summed E-state index contributed by atoms with van der Waals surface area (Å²) in [5.41, 5.74) is 3.83.